The number of likely N-dealkylation sites (tertiary alicyclic amines) is 1. The minimum atomic E-state index is -0.476. The van der Waals surface area contributed by atoms with Gasteiger partial charge >= 0.3 is 6.03 Å². The summed E-state index contributed by atoms with van der Waals surface area (Å²) in [6, 6.07) is 21.1. The molecule has 10 heteroatoms. The molecule has 7 rings (SSSR count). The van der Waals surface area contributed by atoms with Crippen molar-refractivity contribution in [3.63, 3.8) is 0 Å². The third kappa shape index (κ3) is 5.60. The maximum absolute atomic E-state index is 14.4. The SMILES string of the molecule is Cc1cccc(F)c1NC(=O)c1cc2c(s1)-c1ccccc1N(C(=O)c1ccc(NC(=O)N3CC4(CCOCC4)C3)cc1)CC2. The highest BCUT2D eigenvalue weighted by Crippen LogP contribution is 2.42. The van der Waals surface area contributed by atoms with E-state index in [0.29, 0.717) is 34.7 Å². The van der Waals surface area contributed by atoms with Crippen LogP contribution in [0.15, 0.2) is 72.8 Å². The molecule has 230 valence electrons. The van der Waals surface area contributed by atoms with Gasteiger partial charge in [0.15, 0.2) is 0 Å². The summed E-state index contributed by atoms with van der Waals surface area (Å²) < 4.78 is 19.8. The molecule has 3 aliphatic heterocycles. The van der Waals surface area contributed by atoms with E-state index in [0.717, 1.165) is 60.8 Å². The molecule has 4 heterocycles. The van der Waals surface area contributed by atoms with Gasteiger partial charge < -0.3 is 25.2 Å². The number of carbonyl (C=O) groups is 3. The van der Waals surface area contributed by atoms with Crippen LogP contribution in [-0.4, -0.2) is 55.6 Å². The number of nitrogens with one attached hydrogen (secondary N) is 2. The van der Waals surface area contributed by atoms with Gasteiger partial charge in [0.1, 0.15) is 5.82 Å². The predicted molar refractivity (Wildman–Crippen MR) is 174 cm³/mol. The average Bonchev–Trinajstić information content (AvgIpc) is 3.40. The van der Waals surface area contributed by atoms with Crippen molar-refractivity contribution in [2.24, 2.45) is 5.41 Å². The van der Waals surface area contributed by atoms with Crippen LogP contribution in [0.5, 0.6) is 0 Å². The lowest BCUT2D eigenvalue weighted by atomic mass is 9.73. The first-order valence-electron chi connectivity index (χ1n) is 15.1. The average molecular weight is 625 g/mol. The molecule has 0 aliphatic carbocycles. The zero-order valence-corrected chi connectivity index (χ0v) is 25.7. The molecule has 45 heavy (non-hydrogen) atoms. The molecule has 8 nitrogen and oxygen atoms in total. The van der Waals surface area contributed by atoms with E-state index in [9.17, 15) is 18.8 Å². The van der Waals surface area contributed by atoms with Crippen molar-refractivity contribution >= 4 is 46.2 Å². The van der Waals surface area contributed by atoms with Crippen LogP contribution in [0.3, 0.4) is 0 Å². The first-order chi connectivity index (χ1) is 21.8. The zero-order valence-electron chi connectivity index (χ0n) is 24.9. The van der Waals surface area contributed by atoms with E-state index in [4.69, 9.17) is 4.74 Å². The standard InChI is InChI=1S/C35H33FN4O4S/c1-22-5-4-7-27(36)30(22)38-32(41)29-19-24-13-16-40(28-8-3-2-6-26(28)31(24)45-29)33(42)23-9-11-25(12-10-23)37-34(43)39-20-35(21-39)14-17-44-18-15-35/h2-12,19H,13-18,20-21H2,1H3,(H,37,43)(H,38,41). The number of benzene rings is 3. The number of ether oxygens (including phenoxy) is 1. The van der Waals surface area contributed by atoms with Crippen molar-refractivity contribution in [1.82, 2.24) is 4.90 Å². The van der Waals surface area contributed by atoms with E-state index < -0.39 is 5.82 Å². The Morgan fingerprint density at radius 3 is 2.44 bits per heavy atom. The molecule has 1 spiro atoms. The number of aryl methyl sites for hydroxylation is 1. The van der Waals surface area contributed by atoms with Crippen molar-refractivity contribution in [2.75, 3.05) is 48.4 Å². The number of amides is 4. The second-order valence-corrected chi connectivity index (χ2v) is 13.1. The van der Waals surface area contributed by atoms with Crippen molar-refractivity contribution in [1.29, 1.82) is 0 Å². The molecular formula is C35H33FN4O4S. The summed E-state index contributed by atoms with van der Waals surface area (Å²) >= 11 is 1.34. The molecule has 3 aromatic carbocycles. The van der Waals surface area contributed by atoms with Gasteiger partial charge in [0.2, 0.25) is 0 Å². The fourth-order valence-electron chi connectivity index (χ4n) is 6.47. The quantitative estimate of drug-likeness (QED) is 0.257. The summed E-state index contributed by atoms with van der Waals surface area (Å²) in [4.78, 5) is 44.8. The summed E-state index contributed by atoms with van der Waals surface area (Å²) in [5.74, 6) is -0.986. The number of nitrogens with zero attached hydrogens (tertiary/aromatic N) is 2. The second-order valence-electron chi connectivity index (χ2n) is 12.1. The Morgan fingerprint density at radius 1 is 0.933 bits per heavy atom. The number of thiophene rings is 1. The van der Waals surface area contributed by atoms with Crippen LogP contribution >= 0.6 is 11.3 Å². The number of urea groups is 1. The Balaban J connectivity index is 1.05. The number of hydrogen-bond acceptors (Lipinski definition) is 5. The normalized spacial score (nSPS) is 16.7. The zero-order chi connectivity index (χ0) is 31.1. The molecular weight excluding hydrogens is 591 g/mol. The molecule has 0 radical (unpaired) electrons. The summed E-state index contributed by atoms with van der Waals surface area (Å²) in [5, 5.41) is 5.69. The first-order valence-corrected chi connectivity index (χ1v) is 16.0. The summed E-state index contributed by atoms with van der Waals surface area (Å²) in [7, 11) is 0. The van der Waals surface area contributed by atoms with Crippen molar-refractivity contribution in [3.8, 4) is 10.4 Å². The highest BCUT2D eigenvalue weighted by molar-refractivity contribution is 7.17. The fourth-order valence-corrected chi connectivity index (χ4v) is 7.61. The highest BCUT2D eigenvalue weighted by Gasteiger charge is 2.45. The number of fused-ring (bicyclic) bond motifs is 3. The Morgan fingerprint density at radius 2 is 1.69 bits per heavy atom. The van der Waals surface area contributed by atoms with Crippen molar-refractivity contribution in [2.45, 2.75) is 26.2 Å². The Kier molecular flexibility index (Phi) is 7.63. The van der Waals surface area contributed by atoms with Gasteiger partial charge in [-0.05, 0) is 79.8 Å². The van der Waals surface area contributed by atoms with Gasteiger partial charge in [-0.3, -0.25) is 9.59 Å². The molecule has 3 aliphatic rings. The molecule has 4 aromatic rings. The van der Waals surface area contributed by atoms with Crippen molar-refractivity contribution < 1.29 is 23.5 Å². The van der Waals surface area contributed by atoms with Crippen LogP contribution in [0.2, 0.25) is 0 Å². The topological polar surface area (TPSA) is 91.0 Å². The number of halogens is 1. The summed E-state index contributed by atoms with van der Waals surface area (Å²) in [6.07, 6.45) is 2.54. The first kappa shape index (κ1) is 29.2. The fraction of sp³-hybridized carbons (Fsp3) is 0.286. The smallest absolute Gasteiger partial charge is 0.321 e. The van der Waals surface area contributed by atoms with Crippen LogP contribution in [0, 0.1) is 18.2 Å². The van der Waals surface area contributed by atoms with Crippen LogP contribution in [0.25, 0.3) is 10.4 Å². The van der Waals surface area contributed by atoms with Crippen LogP contribution in [0.1, 0.15) is 44.0 Å². The van der Waals surface area contributed by atoms with E-state index in [1.165, 1.54) is 17.4 Å². The number of rotatable bonds is 4. The third-order valence-corrected chi connectivity index (χ3v) is 10.3. The van der Waals surface area contributed by atoms with Crippen LogP contribution in [-0.2, 0) is 11.2 Å². The molecule has 0 unspecified atom stereocenters. The lowest BCUT2D eigenvalue weighted by Gasteiger charge is -2.51. The lowest BCUT2D eigenvalue weighted by molar-refractivity contribution is -0.0596. The minimum absolute atomic E-state index is 0.129. The number of anilines is 3. The Hall–Kier alpha value is -4.54. The van der Waals surface area contributed by atoms with Gasteiger partial charge in [0.25, 0.3) is 11.8 Å². The van der Waals surface area contributed by atoms with E-state index in [1.807, 2.05) is 35.2 Å². The van der Waals surface area contributed by atoms with Gasteiger partial charge in [-0.1, -0.05) is 30.3 Å². The molecule has 0 atom stereocenters. The second kappa shape index (κ2) is 11.8. The Bertz CT molecular complexity index is 1770. The molecule has 0 saturated carbocycles. The van der Waals surface area contributed by atoms with E-state index >= 15 is 0 Å². The Labute approximate surface area is 264 Å². The largest absolute Gasteiger partial charge is 0.381 e. The van der Waals surface area contributed by atoms with Crippen molar-refractivity contribution in [3.05, 3.63) is 100 Å². The van der Waals surface area contributed by atoms with E-state index in [-0.39, 0.29) is 28.9 Å². The molecule has 4 amide bonds. The van der Waals surface area contributed by atoms with Gasteiger partial charge in [-0.2, -0.15) is 0 Å². The van der Waals surface area contributed by atoms with Crippen LogP contribution < -0.4 is 15.5 Å². The van der Waals surface area contributed by atoms with Gasteiger partial charge in [-0.15, -0.1) is 11.3 Å². The number of para-hydroxylation sites is 2. The third-order valence-electron chi connectivity index (χ3n) is 9.06. The highest BCUT2D eigenvalue weighted by atomic mass is 32.1. The molecule has 2 fully saturated rings. The number of carbonyl (C=O) groups excluding carboxylic acids is 3. The van der Waals surface area contributed by atoms with Crippen LogP contribution in [0.4, 0.5) is 26.2 Å². The monoisotopic (exact) mass is 624 g/mol. The summed E-state index contributed by atoms with van der Waals surface area (Å²) in [5.41, 5.74) is 4.77. The predicted octanol–water partition coefficient (Wildman–Crippen LogP) is 6.96. The van der Waals surface area contributed by atoms with E-state index in [1.54, 1.807) is 48.2 Å². The molecule has 2 N–H and O–H groups in total. The minimum Gasteiger partial charge on any atom is -0.381 e. The lowest BCUT2D eigenvalue weighted by Crippen LogP contribution is -2.61. The van der Waals surface area contributed by atoms with E-state index in [2.05, 4.69) is 10.6 Å². The van der Waals surface area contributed by atoms with Gasteiger partial charge in [-0.25, -0.2) is 9.18 Å². The maximum Gasteiger partial charge on any atom is 0.321 e. The molecule has 2 saturated heterocycles. The van der Waals surface area contributed by atoms with Gasteiger partial charge in [0.05, 0.1) is 16.3 Å². The number of hydrogen-bond donors (Lipinski definition) is 2. The van der Waals surface area contributed by atoms with Gasteiger partial charge in [0, 0.05) is 60.0 Å². The molecule has 0 bridgehead atoms. The molecule has 1 aromatic heterocycles. The summed E-state index contributed by atoms with van der Waals surface area (Å²) in [6.45, 7) is 5.19. The maximum atomic E-state index is 14.4.